The first-order chi connectivity index (χ1) is 11.5. The van der Waals surface area contributed by atoms with Gasteiger partial charge >= 0.3 is 0 Å². The van der Waals surface area contributed by atoms with Crippen LogP contribution in [0.15, 0.2) is 47.4 Å². The lowest BCUT2D eigenvalue weighted by atomic mass is 10.0. The summed E-state index contributed by atoms with van der Waals surface area (Å²) >= 11 is 0. The standard InChI is InChI=1S/C19H22N2O2S/c20-24(22,23)15-10-8-13(9-11-15)16-12-17(16)19-7-3-6-18(21-19)14-4-1-2-5-14/h3,6-11,14,16-17H,1-2,4-5,12H2,(H2,20,22,23). The molecule has 2 aromatic rings. The molecule has 2 unspecified atom stereocenters. The van der Waals surface area contributed by atoms with Crippen LogP contribution in [0.25, 0.3) is 0 Å². The molecular weight excluding hydrogens is 320 g/mol. The summed E-state index contributed by atoms with van der Waals surface area (Å²) in [6, 6.07) is 13.4. The summed E-state index contributed by atoms with van der Waals surface area (Å²) in [5, 5.41) is 5.16. The van der Waals surface area contributed by atoms with E-state index < -0.39 is 10.0 Å². The van der Waals surface area contributed by atoms with E-state index in [1.54, 1.807) is 12.1 Å². The van der Waals surface area contributed by atoms with Gasteiger partial charge in [-0.25, -0.2) is 13.6 Å². The Bertz CT molecular complexity index is 840. The van der Waals surface area contributed by atoms with E-state index in [4.69, 9.17) is 10.1 Å². The van der Waals surface area contributed by atoms with Gasteiger partial charge in [0.1, 0.15) is 0 Å². The second kappa shape index (κ2) is 5.97. The van der Waals surface area contributed by atoms with Crippen molar-refractivity contribution in [2.45, 2.75) is 54.8 Å². The van der Waals surface area contributed by atoms with Crippen molar-refractivity contribution in [1.29, 1.82) is 0 Å². The lowest BCUT2D eigenvalue weighted by Crippen LogP contribution is -2.11. The second-order valence-corrected chi connectivity index (χ2v) is 8.59. The Labute approximate surface area is 143 Å². The fraction of sp³-hybridized carbons (Fsp3) is 0.421. The molecule has 4 rings (SSSR count). The van der Waals surface area contributed by atoms with Gasteiger partial charge in [-0.05, 0) is 55.0 Å². The Morgan fingerprint density at radius 3 is 2.25 bits per heavy atom. The molecule has 0 radical (unpaired) electrons. The molecule has 2 aliphatic rings. The van der Waals surface area contributed by atoms with Gasteiger partial charge < -0.3 is 0 Å². The topological polar surface area (TPSA) is 73.1 Å². The number of pyridine rings is 1. The number of hydrogen-bond acceptors (Lipinski definition) is 3. The quantitative estimate of drug-likeness (QED) is 0.921. The summed E-state index contributed by atoms with van der Waals surface area (Å²) in [4.78, 5) is 5.10. The van der Waals surface area contributed by atoms with E-state index in [0.29, 0.717) is 17.8 Å². The van der Waals surface area contributed by atoms with Crippen LogP contribution in [0.4, 0.5) is 0 Å². The number of primary sulfonamides is 1. The summed E-state index contributed by atoms with van der Waals surface area (Å²) in [6.07, 6.45) is 6.24. The molecule has 2 fully saturated rings. The van der Waals surface area contributed by atoms with E-state index in [0.717, 1.165) is 6.42 Å². The third kappa shape index (κ3) is 3.10. The number of hydrogen-bond donors (Lipinski definition) is 1. The van der Waals surface area contributed by atoms with Gasteiger partial charge in [-0.15, -0.1) is 0 Å². The normalized spacial score (nSPS) is 24.2. The fourth-order valence-corrected chi connectivity index (χ4v) is 4.43. The van der Waals surface area contributed by atoms with Gasteiger partial charge in [0.15, 0.2) is 0 Å². The van der Waals surface area contributed by atoms with E-state index in [1.165, 1.54) is 42.6 Å². The summed E-state index contributed by atoms with van der Waals surface area (Å²) in [7, 11) is -3.62. The molecule has 0 aliphatic heterocycles. The van der Waals surface area contributed by atoms with Crippen LogP contribution < -0.4 is 5.14 Å². The van der Waals surface area contributed by atoms with Crippen molar-refractivity contribution in [3.05, 3.63) is 59.4 Å². The predicted octanol–water partition coefficient (Wildman–Crippen LogP) is 3.66. The van der Waals surface area contributed by atoms with Crippen molar-refractivity contribution < 1.29 is 8.42 Å². The zero-order valence-electron chi connectivity index (χ0n) is 13.6. The zero-order valence-corrected chi connectivity index (χ0v) is 14.4. The Kier molecular flexibility index (Phi) is 3.93. The summed E-state index contributed by atoms with van der Waals surface area (Å²) in [5.41, 5.74) is 3.60. The van der Waals surface area contributed by atoms with Crippen molar-refractivity contribution in [2.75, 3.05) is 0 Å². The Morgan fingerprint density at radius 2 is 1.58 bits per heavy atom. The van der Waals surface area contributed by atoms with Gasteiger partial charge in [0, 0.05) is 23.2 Å². The van der Waals surface area contributed by atoms with E-state index in [9.17, 15) is 8.42 Å². The Morgan fingerprint density at radius 1 is 0.917 bits per heavy atom. The molecule has 24 heavy (non-hydrogen) atoms. The summed E-state index contributed by atoms with van der Waals surface area (Å²) in [5.74, 6) is 1.52. The third-order valence-electron chi connectivity index (χ3n) is 5.37. The molecule has 0 spiro atoms. The summed E-state index contributed by atoms with van der Waals surface area (Å²) < 4.78 is 22.7. The maximum Gasteiger partial charge on any atom is 0.238 e. The minimum absolute atomic E-state index is 0.171. The molecule has 0 saturated heterocycles. The minimum atomic E-state index is -3.62. The second-order valence-electron chi connectivity index (χ2n) is 7.03. The highest BCUT2D eigenvalue weighted by atomic mass is 32.2. The van der Waals surface area contributed by atoms with E-state index in [-0.39, 0.29) is 4.90 Å². The number of nitrogens with two attached hydrogens (primary N) is 1. The Balaban J connectivity index is 1.51. The van der Waals surface area contributed by atoms with Crippen LogP contribution in [0, 0.1) is 0 Å². The molecule has 2 atom stereocenters. The van der Waals surface area contributed by atoms with Gasteiger partial charge in [-0.3, -0.25) is 4.98 Å². The van der Waals surface area contributed by atoms with E-state index >= 15 is 0 Å². The molecule has 126 valence electrons. The smallest absolute Gasteiger partial charge is 0.238 e. The maximum atomic E-state index is 11.3. The molecule has 2 N–H and O–H groups in total. The highest BCUT2D eigenvalue weighted by Crippen LogP contribution is 2.54. The van der Waals surface area contributed by atoms with Crippen molar-refractivity contribution in [1.82, 2.24) is 4.98 Å². The highest BCUT2D eigenvalue weighted by Gasteiger charge is 2.40. The van der Waals surface area contributed by atoms with Crippen LogP contribution in [0.1, 0.15) is 66.8 Å². The van der Waals surface area contributed by atoms with Gasteiger partial charge in [-0.1, -0.05) is 31.0 Å². The molecule has 0 bridgehead atoms. The number of aromatic nitrogens is 1. The van der Waals surface area contributed by atoms with Crippen LogP contribution in [0.2, 0.25) is 0 Å². The minimum Gasteiger partial charge on any atom is -0.257 e. The predicted molar refractivity (Wildman–Crippen MR) is 93.4 cm³/mol. The van der Waals surface area contributed by atoms with Crippen molar-refractivity contribution in [3.8, 4) is 0 Å². The number of benzene rings is 1. The average molecular weight is 342 g/mol. The highest BCUT2D eigenvalue weighted by molar-refractivity contribution is 7.89. The monoisotopic (exact) mass is 342 g/mol. The summed E-state index contributed by atoms with van der Waals surface area (Å²) in [6.45, 7) is 0. The first-order valence-electron chi connectivity index (χ1n) is 8.62. The van der Waals surface area contributed by atoms with Crippen LogP contribution in [0.5, 0.6) is 0 Å². The molecule has 4 nitrogen and oxygen atoms in total. The molecule has 0 amide bonds. The molecular formula is C19H22N2O2S. The lowest BCUT2D eigenvalue weighted by Gasteiger charge is -2.10. The van der Waals surface area contributed by atoms with Gasteiger partial charge in [0.05, 0.1) is 4.90 Å². The van der Waals surface area contributed by atoms with Crippen LogP contribution >= 0.6 is 0 Å². The largest absolute Gasteiger partial charge is 0.257 e. The molecule has 2 saturated carbocycles. The Hall–Kier alpha value is -1.72. The molecule has 1 aromatic carbocycles. The molecule has 2 aliphatic carbocycles. The van der Waals surface area contributed by atoms with Gasteiger partial charge in [0.2, 0.25) is 10.0 Å². The SMILES string of the molecule is NS(=O)(=O)c1ccc(C2CC2c2cccc(C3CCCC3)n2)cc1. The van der Waals surface area contributed by atoms with Crippen LogP contribution in [-0.4, -0.2) is 13.4 Å². The van der Waals surface area contributed by atoms with Gasteiger partial charge in [0.25, 0.3) is 0 Å². The molecule has 5 heteroatoms. The molecule has 1 aromatic heterocycles. The average Bonchev–Trinajstić information content (AvgIpc) is 3.19. The number of nitrogens with zero attached hydrogens (tertiary/aromatic N) is 1. The number of rotatable bonds is 4. The third-order valence-corrected chi connectivity index (χ3v) is 6.30. The fourth-order valence-electron chi connectivity index (χ4n) is 3.92. The van der Waals surface area contributed by atoms with Crippen molar-refractivity contribution >= 4 is 10.0 Å². The molecule has 1 heterocycles. The lowest BCUT2D eigenvalue weighted by molar-refractivity contribution is 0.598. The van der Waals surface area contributed by atoms with Crippen molar-refractivity contribution in [3.63, 3.8) is 0 Å². The first kappa shape index (κ1) is 15.8. The van der Waals surface area contributed by atoms with Crippen LogP contribution in [0.3, 0.4) is 0 Å². The zero-order chi connectivity index (χ0) is 16.7. The van der Waals surface area contributed by atoms with Crippen LogP contribution in [-0.2, 0) is 10.0 Å². The van der Waals surface area contributed by atoms with E-state index in [2.05, 4.69) is 18.2 Å². The first-order valence-corrected chi connectivity index (χ1v) is 10.2. The maximum absolute atomic E-state index is 11.3. The van der Waals surface area contributed by atoms with E-state index in [1.807, 2.05) is 12.1 Å². The van der Waals surface area contributed by atoms with Gasteiger partial charge in [-0.2, -0.15) is 0 Å². The number of sulfonamides is 1. The van der Waals surface area contributed by atoms with Crippen molar-refractivity contribution in [2.24, 2.45) is 5.14 Å².